The molecule has 2 aromatic carbocycles. The number of hydrogen-bond acceptors (Lipinski definition) is 2. The fraction of sp³-hybridized carbons (Fsp3) is 0.364. The van der Waals surface area contributed by atoms with E-state index in [1.54, 1.807) is 24.3 Å². The molecule has 26 heavy (non-hydrogen) atoms. The highest BCUT2D eigenvalue weighted by molar-refractivity contribution is 6.11. The monoisotopic (exact) mass is 351 g/mol. The van der Waals surface area contributed by atoms with Gasteiger partial charge in [-0.05, 0) is 44.0 Å². The summed E-state index contributed by atoms with van der Waals surface area (Å²) in [7, 11) is 2.15. The van der Waals surface area contributed by atoms with Gasteiger partial charge in [0.1, 0.15) is 0 Å². The first-order valence-electron chi connectivity index (χ1n) is 9.20. The minimum atomic E-state index is 0.0159. The van der Waals surface area contributed by atoms with Crippen LogP contribution in [0.25, 0.3) is 0 Å². The Morgan fingerprint density at radius 3 is 1.92 bits per heavy atom. The summed E-state index contributed by atoms with van der Waals surface area (Å²) in [5.41, 5.74) is 5.18. The Balaban J connectivity index is 1.79. The Labute approximate surface area is 155 Å². The van der Waals surface area contributed by atoms with Crippen LogP contribution >= 0.6 is 0 Å². The topological polar surface area (TPSA) is 41.8 Å². The Morgan fingerprint density at radius 1 is 0.885 bits per heavy atom. The summed E-state index contributed by atoms with van der Waals surface area (Å²) in [4.78, 5) is 28.9. The number of rotatable bonds is 3. The summed E-state index contributed by atoms with van der Waals surface area (Å²) in [6.07, 6.45) is 0. The molecule has 1 aliphatic rings. The number of amides is 1. The fourth-order valence-electron chi connectivity index (χ4n) is 3.72. The highest BCUT2D eigenvalue weighted by atomic mass is 16.2. The predicted molar refractivity (Wildman–Crippen MR) is 103 cm³/mol. The first-order valence-corrected chi connectivity index (χ1v) is 9.20. The van der Waals surface area contributed by atoms with Crippen LogP contribution in [-0.4, -0.2) is 49.8 Å². The van der Waals surface area contributed by atoms with Gasteiger partial charge >= 0.3 is 0 Å². The fourth-order valence-corrected chi connectivity index (χ4v) is 3.72. The second kappa shape index (κ2) is 7.42. The molecule has 0 radical (unpaired) electrons. The first kappa shape index (κ1) is 18.3. The zero-order valence-electron chi connectivity index (χ0n) is 16.1. The number of carbonyl (C=O) groups excluding carboxylic acids is 2. The average Bonchev–Trinajstić information content (AvgIpc) is 2.61. The number of carbonyl (C=O) groups is 2. The molecule has 136 valence electrons. The lowest BCUT2D eigenvalue weighted by Crippen LogP contribution is -3.12. The molecule has 0 bridgehead atoms. The smallest absolute Gasteiger partial charge is 0.254 e. The van der Waals surface area contributed by atoms with Crippen LogP contribution in [0.1, 0.15) is 43.0 Å². The Bertz CT molecular complexity index is 809. The average molecular weight is 351 g/mol. The molecule has 3 rings (SSSR count). The molecule has 4 heteroatoms. The van der Waals surface area contributed by atoms with Crippen LogP contribution in [0.3, 0.4) is 0 Å². The van der Waals surface area contributed by atoms with Gasteiger partial charge < -0.3 is 9.80 Å². The molecule has 1 fully saturated rings. The van der Waals surface area contributed by atoms with Gasteiger partial charge in [0.05, 0.1) is 33.2 Å². The van der Waals surface area contributed by atoms with E-state index in [4.69, 9.17) is 0 Å². The van der Waals surface area contributed by atoms with Crippen molar-refractivity contribution in [3.05, 3.63) is 69.8 Å². The molecule has 1 N–H and O–H groups in total. The maximum Gasteiger partial charge on any atom is 0.254 e. The number of aryl methyl sites for hydroxylation is 3. The molecule has 0 saturated carbocycles. The van der Waals surface area contributed by atoms with Gasteiger partial charge in [0.15, 0.2) is 5.78 Å². The van der Waals surface area contributed by atoms with E-state index in [1.165, 1.54) is 4.90 Å². The molecule has 1 amide bonds. The van der Waals surface area contributed by atoms with Gasteiger partial charge in [0.25, 0.3) is 5.91 Å². The van der Waals surface area contributed by atoms with E-state index in [9.17, 15) is 9.59 Å². The van der Waals surface area contributed by atoms with Gasteiger partial charge in [0, 0.05) is 16.7 Å². The number of nitrogens with zero attached hydrogens (tertiary/aromatic N) is 1. The van der Waals surface area contributed by atoms with Crippen LogP contribution in [0.5, 0.6) is 0 Å². The van der Waals surface area contributed by atoms with Crippen molar-refractivity contribution in [2.24, 2.45) is 0 Å². The molecule has 4 nitrogen and oxygen atoms in total. The molecule has 2 aromatic rings. The van der Waals surface area contributed by atoms with Crippen LogP contribution in [0, 0.1) is 20.8 Å². The molecule has 0 unspecified atom stereocenters. The molecule has 0 aromatic heterocycles. The highest BCUT2D eigenvalue weighted by Crippen LogP contribution is 2.21. The van der Waals surface area contributed by atoms with E-state index in [1.807, 2.05) is 37.8 Å². The van der Waals surface area contributed by atoms with Crippen molar-refractivity contribution in [2.75, 3.05) is 33.2 Å². The highest BCUT2D eigenvalue weighted by Gasteiger charge is 2.23. The number of piperazine rings is 1. The summed E-state index contributed by atoms with van der Waals surface area (Å²) in [5, 5.41) is 0. The third kappa shape index (κ3) is 3.70. The van der Waals surface area contributed by atoms with Crippen molar-refractivity contribution in [1.82, 2.24) is 4.90 Å². The number of quaternary nitrogens is 1. The standard InChI is InChI=1S/C22H26N2O2/c1-15-13-16(2)20(17(3)14-15)21(25)18-5-7-19(8-6-18)22(26)24-11-9-23(4)10-12-24/h5-8,13-14H,9-12H2,1-4H3/p+1. The second-order valence-corrected chi connectivity index (χ2v) is 7.43. The van der Waals surface area contributed by atoms with Gasteiger partial charge in [-0.2, -0.15) is 0 Å². The molecule has 1 heterocycles. The zero-order valence-corrected chi connectivity index (χ0v) is 16.1. The van der Waals surface area contributed by atoms with Gasteiger partial charge in [-0.25, -0.2) is 0 Å². The molecule has 1 saturated heterocycles. The number of likely N-dealkylation sites (N-methyl/N-ethyl adjacent to an activating group) is 1. The SMILES string of the molecule is Cc1cc(C)c(C(=O)c2ccc(C(=O)N3CC[NH+](C)CC3)cc2)c(C)c1. The lowest BCUT2D eigenvalue weighted by atomic mass is 9.93. The van der Waals surface area contributed by atoms with Crippen molar-refractivity contribution in [1.29, 1.82) is 0 Å². The van der Waals surface area contributed by atoms with Crippen molar-refractivity contribution in [3.8, 4) is 0 Å². The minimum Gasteiger partial charge on any atom is -0.334 e. The lowest BCUT2D eigenvalue weighted by molar-refractivity contribution is -0.883. The van der Waals surface area contributed by atoms with Crippen LogP contribution in [0.4, 0.5) is 0 Å². The van der Waals surface area contributed by atoms with Crippen molar-refractivity contribution < 1.29 is 14.5 Å². The predicted octanol–water partition coefficient (Wildman–Crippen LogP) is 1.81. The normalized spacial score (nSPS) is 15.2. The Kier molecular flexibility index (Phi) is 5.23. The van der Waals surface area contributed by atoms with Crippen molar-refractivity contribution in [3.63, 3.8) is 0 Å². The second-order valence-electron chi connectivity index (χ2n) is 7.43. The number of nitrogens with one attached hydrogen (secondary N) is 1. The van der Waals surface area contributed by atoms with Gasteiger partial charge in [0.2, 0.25) is 0 Å². The third-order valence-electron chi connectivity index (χ3n) is 5.20. The molecule has 0 atom stereocenters. The number of ketones is 1. The lowest BCUT2D eigenvalue weighted by Gasteiger charge is -2.30. The molecule has 1 aliphatic heterocycles. The largest absolute Gasteiger partial charge is 0.334 e. The van der Waals surface area contributed by atoms with Crippen LogP contribution < -0.4 is 4.90 Å². The summed E-state index contributed by atoms with van der Waals surface area (Å²) in [6, 6.07) is 11.2. The van der Waals surface area contributed by atoms with Gasteiger partial charge in [-0.3, -0.25) is 9.59 Å². The summed E-state index contributed by atoms with van der Waals surface area (Å²) in [5.74, 6) is 0.0707. The van der Waals surface area contributed by atoms with Crippen LogP contribution in [0.2, 0.25) is 0 Å². The molecule has 0 spiro atoms. The van der Waals surface area contributed by atoms with Gasteiger partial charge in [-0.15, -0.1) is 0 Å². The van der Waals surface area contributed by atoms with Crippen molar-refractivity contribution in [2.45, 2.75) is 20.8 Å². The molecule has 0 aliphatic carbocycles. The Morgan fingerprint density at radius 2 is 1.38 bits per heavy atom. The van der Waals surface area contributed by atoms with E-state index in [0.717, 1.165) is 48.4 Å². The van der Waals surface area contributed by atoms with E-state index in [0.29, 0.717) is 11.1 Å². The minimum absolute atomic E-state index is 0.0159. The van der Waals surface area contributed by atoms with E-state index in [-0.39, 0.29) is 11.7 Å². The van der Waals surface area contributed by atoms with Crippen LogP contribution in [0.15, 0.2) is 36.4 Å². The van der Waals surface area contributed by atoms with E-state index < -0.39 is 0 Å². The van der Waals surface area contributed by atoms with E-state index >= 15 is 0 Å². The van der Waals surface area contributed by atoms with E-state index in [2.05, 4.69) is 7.05 Å². The maximum atomic E-state index is 12.9. The maximum absolute atomic E-state index is 12.9. The zero-order chi connectivity index (χ0) is 18.8. The molecular formula is C22H27N2O2+. The summed E-state index contributed by atoms with van der Waals surface area (Å²) < 4.78 is 0. The van der Waals surface area contributed by atoms with Crippen molar-refractivity contribution >= 4 is 11.7 Å². The summed E-state index contributed by atoms with van der Waals surface area (Å²) >= 11 is 0. The quantitative estimate of drug-likeness (QED) is 0.857. The summed E-state index contributed by atoms with van der Waals surface area (Å²) in [6.45, 7) is 9.51. The number of benzene rings is 2. The number of hydrogen-bond donors (Lipinski definition) is 1. The van der Waals surface area contributed by atoms with Crippen LogP contribution in [-0.2, 0) is 0 Å². The Hall–Kier alpha value is -2.46. The molecular weight excluding hydrogens is 324 g/mol. The van der Waals surface area contributed by atoms with Gasteiger partial charge in [-0.1, -0.05) is 29.8 Å². The third-order valence-corrected chi connectivity index (χ3v) is 5.20. The first-order chi connectivity index (χ1) is 12.4.